The highest BCUT2D eigenvalue weighted by Gasteiger charge is 2.07. The zero-order valence-corrected chi connectivity index (χ0v) is 9.28. The molecule has 0 atom stereocenters. The lowest BCUT2D eigenvalue weighted by Crippen LogP contribution is -2.13. The van der Waals surface area contributed by atoms with E-state index >= 15 is 0 Å². The third kappa shape index (κ3) is 3.09. The van der Waals surface area contributed by atoms with Crippen LogP contribution in [0.5, 0.6) is 0 Å². The molecule has 0 aliphatic rings. The highest BCUT2D eigenvalue weighted by Crippen LogP contribution is 2.10. The number of amides is 1. The second kappa shape index (κ2) is 5.35. The molecule has 1 aromatic heterocycles. The molecule has 2 rings (SSSR count). The quantitative estimate of drug-likeness (QED) is 0.869. The van der Waals surface area contributed by atoms with Crippen LogP contribution < -0.4 is 5.32 Å². The third-order valence-electron chi connectivity index (χ3n) is 2.30. The van der Waals surface area contributed by atoms with Crippen molar-refractivity contribution in [2.75, 3.05) is 5.32 Å². The Kier molecular flexibility index (Phi) is 3.61. The molecular formula is C11H10F2N4O. The standard InChI is InChI=1S/C11H10F2N4O/c12-8-3-1-7(5-9(8)13)2-4-10(18)16-11-14-6-15-17-11/h1,3,5-6H,2,4H2,(H2,14,15,16,17,18). The monoisotopic (exact) mass is 252 g/mol. The molecule has 1 heterocycles. The van der Waals surface area contributed by atoms with Crippen LogP contribution in [0.4, 0.5) is 14.7 Å². The van der Waals surface area contributed by atoms with Crippen LogP contribution in [0.1, 0.15) is 12.0 Å². The molecule has 94 valence electrons. The number of benzene rings is 1. The highest BCUT2D eigenvalue weighted by molar-refractivity contribution is 5.88. The molecule has 7 heteroatoms. The number of halogens is 2. The average molecular weight is 252 g/mol. The van der Waals surface area contributed by atoms with Crippen LogP contribution in [0.2, 0.25) is 0 Å². The van der Waals surface area contributed by atoms with Crippen molar-refractivity contribution in [3.63, 3.8) is 0 Å². The van der Waals surface area contributed by atoms with Gasteiger partial charge in [0.2, 0.25) is 11.9 Å². The van der Waals surface area contributed by atoms with Crippen molar-refractivity contribution in [3.05, 3.63) is 41.7 Å². The smallest absolute Gasteiger partial charge is 0.227 e. The Balaban J connectivity index is 1.87. The van der Waals surface area contributed by atoms with Gasteiger partial charge in [-0.1, -0.05) is 6.07 Å². The van der Waals surface area contributed by atoms with Crippen LogP contribution in [0.15, 0.2) is 24.5 Å². The number of rotatable bonds is 4. The average Bonchev–Trinajstić information content (AvgIpc) is 2.83. The zero-order chi connectivity index (χ0) is 13.0. The predicted molar refractivity (Wildman–Crippen MR) is 59.7 cm³/mol. The molecule has 5 nitrogen and oxygen atoms in total. The lowest BCUT2D eigenvalue weighted by molar-refractivity contribution is -0.116. The topological polar surface area (TPSA) is 70.7 Å². The summed E-state index contributed by atoms with van der Waals surface area (Å²) in [5.74, 6) is -1.84. The molecule has 0 unspecified atom stereocenters. The fourth-order valence-electron chi connectivity index (χ4n) is 1.41. The Morgan fingerprint density at radius 2 is 2.17 bits per heavy atom. The van der Waals surface area contributed by atoms with Crippen molar-refractivity contribution in [1.82, 2.24) is 15.2 Å². The molecule has 18 heavy (non-hydrogen) atoms. The van der Waals surface area contributed by atoms with Gasteiger partial charge in [-0.25, -0.2) is 13.9 Å². The fourth-order valence-corrected chi connectivity index (χ4v) is 1.41. The van der Waals surface area contributed by atoms with E-state index in [4.69, 9.17) is 0 Å². The van der Waals surface area contributed by atoms with Crippen molar-refractivity contribution in [3.8, 4) is 0 Å². The second-order valence-corrected chi connectivity index (χ2v) is 3.63. The number of carbonyl (C=O) groups is 1. The van der Waals surface area contributed by atoms with Crippen LogP contribution >= 0.6 is 0 Å². The van der Waals surface area contributed by atoms with Crippen molar-refractivity contribution >= 4 is 11.9 Å². The van der Waals surface area contributed by atoms with E-state index in [9.17, 15) is 13.6 Å². The van der Waals surface area contributed by atoms with Gasteiger partial charge in [0, 0.05) is 6.42 Å². The highest BCUT2D eigenvalue weighted by atomic mass is 19.2. The molecule has 0 radical (unpaired) electrons. The van der Waals surface area contributed by atoms with Gasteiger partial charge in [-0.2, -0.15) is 10.1 Å². The summed E-state index contributed by atoms with van der Waals surface area (Å²) >= 11 is 0. The van der Waals surface area contributed by atoms with Crippen molar-refractivity contribution in [2.45, 2.75) is 12.8 Å². The van der Waals surface area contributed by atoms with Crippen LogP contribution in [0, 0.1) is 11.6 Å². The second-order valence-electron chi connectivity index (χ2n) is 3.63. The van der Waals surface area contributed by atoms with E-state index in [2.05, 4.69) is 20.5 Å². The molecule has 0 fully saturated rings. The van der Waals surface area contributed by atoms with E-state index in [1.807, 2.05) is 0 Å². The minimum absolute atomic E-state index is 0.145. The molecule has 0 saturated heterocycles. The Morgan fingerprint density at radius 1 is 1.33 bits per heavy atom. The molecule has 2 aromatic rings. The SMILES string of the molecule is O=C(CCc1ccc(F)c(F)c1)Nc1ncn[nH]1. The van der Waals surface area contributed by atoms with E-state index < -0.39 is 11.6 Å². The third-order valence-corrected chi connectivity index (χ3v) is 2.30. The van der Waals surface area contributed by atoms with Crippen LogP contribution in [0.25, 0.3) is 0 Å². The summed E-state index contributed by atoms with van der Waals surface area (Å²) in [6, 6.07) is 3.57. The minimum atomic E-state index is -0.914. The molecule has 1 amide bonds. The summed E-state index contributed by atoms with van der Waals surface area (Å²) in [7, 11) is 0. The van der Waals surface area contributed by atoms with Crippen LogP contribution in [-0.4, -0.2) is 21.1 Å². The Bertz CT molecular complexity index is 542. The number of carbonyl (C=O) groups excluding carboxylic acids is 1. The summed E-state index contributed by atoms with van der Waals surface area (Å²) in [5, 5.41) is 8.54. The number of H-pyrrole nitrogens is 1. The van der Waals surface area contributed by atoms with E-state index in [1.54, 1.807) is 0 Å². The molecular weight excluding hydrogens is 242 g/mol. The first-order valence-corrected chi connectivity index (χ1v) is 5.24. The first-order valence-electron chi connectivity index (χ1n) is 5.24. The van der Waals surface area contributed by atoms with Gasteiger partial charge >= 0.3 is 0 Å². The number of nitrogens with one attached hydrogen (secondary N) is 2. The number of aryl methyl sites for hydroxylation is 1. The van der Waals surface area contributed by atoms with Crippen LogP contribution in [0.3, 0.4) is 0 Å². The Labute approximate surface area is 101 Å². The predicted octanol–water partition coefficient (Wildman–Crippen LogP) is 1.65. The van der Waals surface area contributed by atoms with Gasteiger partial charge in [0.1, 0.15) is 6.33 Å². The number of anilines is 1. The van der Waals surface area contributed by atoms with E-state index in [0.29, 0.717) is 12.0 Å². The maximum absolute atomic E-state index is 12.9. The summed E-state index contributed by atoms with van der Waals surface area (Å²) in [5.41, 5.74) is 0.557. The van der Waals surface area contributed by atoms with E-state index in [1.165, 1.54) is 12.4 Å². The molecule has 0 spiro atoms. The lowest BCUT2D eigenvalue weighted by atomic mass is 10.1. The minimum Gasteiger partial charge on any atom is -0.295 e. The van der Waals surface area contributed by atoms with Crippen molar-refractivity contribution in [1.29, 1.82) is 0 Å². The normalized spacial score (nSPS) is 10.3. The summed E-state index contributed by atoms with van der Waals surface area (Å²) < 4.78 is 25.6. The fraction of sp³-hybridized carbons (Fsp3) is 0.182. The molecule has 0 aliphatic carbocycles. The molecule has 0 bridgehead atoms. The number of nitrogens with zero attached hydrogens (tertiary/aromatic N) is 2. The molecule has 0 aliphatic heterocycles. The van der Waals surface area contributed by atoms with Gasteiger partial charge in [0.15, 0.2) is 11.6 Å². The zero-order valence-electron chi connectivity index (χ0n) is 9.28. The van der Waals surface area contributed by atoms with Gasteiger partial charge in [0.25, 0.3) is 0 Å². The molecule has 1 aromatic carbocycles. The summed E-state index contributed by atoms with van der Waals surface area (Å²) in [6.45, 7) is 0. The van der Waals surface area contributed by atoms with E-state index in [0.717, 1.165) is 12.1 Å². The van der Waals surface area contributed by atoms with Crippen LogP contribution in [-0.2, 0) is 11.2 Å². The number of aromatic nitrogens is 3. The maximum Gasteiger partial charge on any atom is 0.227 e. The maximum atomic E-state index is 12.9. The Morgan fingerprint density at radius 3 is 2.83 bits per heavy atom. The summed E-state index contributed by atoms with van der Waals surface area (Å²) in [6.07, 6.45) is 1.73. The molecule has 2 N–H and O–H groups in total. The van der Waals surface area contributed by atoms with E-state index in [-0.39, 0.29) is 18.3 Å². The van der Waals surface area contributed by atoms with Gasteiger partial charge in [-0.05, 0) is 24.1 Å². The Hall–Kier alpha value is -2.31. The van der Waals surface area contributed by atoms with Gasteiger partial charge in [0.05, 0.1) is 0 Å². The van der Waals surface area contributed by atoms with Gasteiger partial charge in [-0.3, -0.25) is 10.1 Å². The first-order chi connectivity index (χ1) is 8.65. The number of aromatic amines is 1. The van der Waals surface area contributed by atoms with Gasteiger partial charge in [-0.15, -0.1) is 0 Å². The largest absolute Gasteiger partial charge is 0.295 e. The molecule has 0 saturated carbocycles. The number of hydrogen-bond donors (Lipinski definition) is 2. The number of hydrogen-bond acceptors (Lipinski definition) is 3. The van der Waals surface area contributed by atoms with Crippen molar-refractivity contribution in [2.24, 2.45) is 0 Å². The van der Waals surface area contributed by atoms with Gasteiger partial charge < -0.3 is 0 Å². The van der Waals surface area contributed by atoms with Crippen molar-refractivity contribution < 1.29 is 13.6 Å². The lowest BCUT2D eigenvalue weighted by Gasteiger charge is -2.02. The summed E-state index contributed by atoms with van der Waals surface area (Å²) in [4.78, 5) is 15.2. The first kappa shape index (κ1) is 12.2.